The zero-order valence-corrected chi connectivity index (χ0v) is 6.06. The molecule has 2 rings (SSSR count). The second-order valence-corrected chi connectivity index (χ2v) is 2.93. The Kier molecular flexibility index (Phi) is 1.53. The van der Waals surface area contributed by atoms with E-state index in [9.17, 15) is 0 Å². The second kappa shape index (κ2) is 2.52. The van der Waals surface area contributed by atoms with Crippen molar-refractivity contribution in [2.24, 2.45) is 0 Å². The highest BCUT2D eigenvalue weighted by Gasteiger charge is 2.15. The lowest BCUT2D eigenvalue weighted by molar-refractivity contribution is -0.0351. The monoisotopic (exact) mass is 140 g/mol. The molecule has 0 aliphatic heterocycles. The molecule has 0 N–H and O–H groups in total. The van der Waals surface area contributed by atoms with Crippen LogP contribution in [0.1, 0.15) is 37.2 Å². The van der Waals surface area contributed by atoms with Gasteiger partial charge in [-0.3, -0.25) is 9.15 Å². The molecule has 1 aromatic heterocycles. The second-order valence-electron chi connectivity index (χ2n) is 2.93. The summed E-state index contributed by atoms with van der Waals surface area (Å²) in [7, 11) is 0. The fourth-order valence-electron chi connectivity index (χ4n) is 1.45. The van der Waals surface area contributed by atoms with E-state index in [-0.39, 0.29) is 0 Å². The van der Waals surface area contributed by atoms with E-state index in [1.165, 1.54) is 25.7 Å². The van der Waals surface area contributed by atoms with Crippen molar-refractivity contribution in [1.29, 1.82) is 0 Å². The summed E-state index contributed by atoms with van der Waals surface area (Å²) in [6.45, 7) is 0. The van der Waals surface area contributed by atoms with Gasteiger partial charge in [0.1, 0.15) is 0 Å². The fraction of sp³-hybridized carbons (Fsp3) is 0.750. The molecule has 0 radical (unpaired) electrons. The van der Waals surface area contributed by atoms with E-state index < -0.39 is 0 Å². The molecular weight excluding hydrogens is 128 g/mol. The van der Waals surface area contributed by atoms with Gasteiger partial charge >= 0.3 is 0 Å². The molecule has 0 fully saturated rings. The SMILES string of the molecule is C1CCCc2ooc2CC1. The first-order valence-electron chi connectivity index (χ1n) is 4.03. The minimum absolute atomic E-state index is 1.09. The van der Waals surface area contributed by atoms with Crippen LogP contribution in [0.25, 0.3) is 0 Å². The quantitative estimate of drug-likeness (QED) is 0.517. The summed E-state index contributed by atoms with van der Waals surface area (Å²) in [6, 6.07) is 0. The zero-order valence-electron chi connectivity index (χ0n) is 6.06. The Morgan fingerprint density at radius 2 is 1.20 bits per heavy atom. The highest BCUT2D eigenvalue weighted by atomic mass is 17.0. The van der Waals surface area contributed by atoms with Crippen molar-refractivity contribution in [3.05, 3.63) is 11.5 Å². The first-order valence-corrected chi connectivity index (χ1v) is 4.03. The first kappa shape index (κ1) is 6.08. The third-order valence-electron chi connectivity index (χ3n) is 2.11. The van der Waals surface area contributed by atoms with Gasteiger partial charge in [-0.2, -0.15) is 0 Å². The van der Waals surface area contributed by atoms with Gasteiger partial charge in [-0.25, -0.2) is 0 Å². The van der Waals surface area contributed by atoms with Crippen LogP contribution in [-0.4, -0.2) is 0 Å². The van der Waals surface area contributed by atoms with Crippen LogP contribution in [0.15, 0.2) is 9.15 Å². The summed E-state index contributed by atoms with van der Waals surface area (Å²) >= 11 is 0. The van der Waals surface area contributed by atoms with E-state index in [2.05, 4.69) is 0 Å². The third-order valence-corrected chi connectivity index (χ3v) is 2.11. The smallest absolute Gasteiger partial charge is 0.198 e. The van der Waals surface area contributed by atoms with Crippen molar-refractivity contribution < 1.29 is 9.15 Å². The Hall–Kier alpha value is -0.660. The maximum Gasteiger partial charge on any atom is 0.198 e. The Morgan fingerprint density at radius 3 is 1.60 bits per heavy atom. The van der Waals surface area contributed by atoms with Crippen LogP contribution in [0.4, 0.5) is 0 Å². The van der Waals surface area contributed by atoms with Gasteiger partial charge in [0.25, 0.3) is 0 Å². The summed E-state index contributed by atoms with van der Waals surface area (Å²) in [5.41, 5.74) is 0. The third kappa shape index (κ3) is 0.981. The van der Waals surface area contributed by atoms with E-state index >= 15 is 0 Å². The summed E-state index contributed by atoms with van der Waals surface area (Å²) in [5.74, 6) is 2.22. The van der Waals surface area contributed by atoms with Crippen molar-refractivity contribution in [1.82, 2.24) is 0 Å². The Balaban J connectivity index is 2.05. The summed E-state index contributed by atoms with van der Waals surface area (Å²) < 4.78 is 9.70. The number of aryl methyl sites for hydroxylation is 2. The van der Waals surface area contributed by atoms with Crippen LogP contribution in [0.5, 0.6) is 0 Å². The average molecular weight is 140 g/mol. The molecule has 0 bridgehead atoms. The Morgan fingerprint density at radius 1 is 0.700 bits per heavy atom. The molecule has 1 aliphatic rings. The Bertz CT molecular complexity index is 176. The standard InChI is InChI=1S/C8H12O2/c1-2-4-6-8-7(5-3-1)9-10-8/h1-6H2. The zero-order chi connectivity index (χ0) is 6.81. The van der Waals surface area contributed by atoms with Crippen LogP contribution in [0.2, 0.25) is 0 Å². The summed E-state index contributed by atoms with van der Waals surface area (Å²) in [5, 5.41) is 0. The maximum atomic E-state index is 4.85. The van der Waals surface area contributed by atoms with Gasteiger partial charge in [-0.1, -0.05) is 12.8 Å². The summed E-state index contributed by atoms with van der Waals surface area (Å²) in [6.07, 6.45) is 7.41. The molecular formula is C8H12O2. The molecule has 0 aromatic carbocycles. The van der Waals surface area contributed by atoms with Gasteiger partial charge in [-0.05, 0) is 12.8 Å². The van der Waals surface area contributed by atoms with Crippen molar-refractivity contribution in [2.75, 3.05) is 0 Å². The molecule has 0 saturated carbocycles. The van der Waals surface area contributed by atoms with Crippen molar-refractivity contribution in [3.63, 3.8) is 0 Å². The van der Waals surface area contributed by atoms with Gasteiger partial charge in [0, 0.05) is 12.8 Å². The minimum Gasteiger partial charge on any atom is -0.291 e. The molecule has 56 valence electrons. The molecule has 1 heterocycles. The Labute approximate surface area is 60.1 Å². The van der Waals surface area contributed by atoms with E-state index in [1.54, 1.807) is 0 Å². The van der Waals surface area contributed by atoms with Gasteiger partial charge in [0.2, 0.25) is 0 Å². The number of hydrogen-bond acceptors (Lipinski definition) is 2. The van der Waals surface area contributed by atoms with Crippen LogP contribution < -0.4 is 0 Å². The van der Waals surface area contributed by atoms with Crippen LogP contribution in [-0.2, 0) is 12.8 Å². The molecule has 10 heavy (non-hydrogen) atoms. The van der Waals surface area contributed by atoms with Gasteiger partial charge in [0.15, 0.2) is 11.5 Å². The molecule has 2 nitrogen and oxygen atoms in total. The van der Waals surface area contributed by atoms with Gasteiger partial charge in [0.05, 0.1) is 0 Å². The topological polar surface area (TPSA) is 26.3 Å². The van der Waals surface area contributed by atoms with E-state index in [0.717, 1.165) is 24.4 Å². The average Bonchev–Trinajstić information content (AvgIpc) is 1.89. The number of hydrogen-bond donors (Lipinski definition) is 0. The molecule has 0 spiro atoms. The largest absolute Gasteiger partial charge is 0.291 e. The first-order chi connectivity index (χ1) is 4.97. The van der Waals surface area contributed by atoms with Crippen LogP contribution >= 0.6 is 0 Å². The normalized spacial score (nSPS) is 19.6. The van der Waals surface area contributed by atoms with Crippen molar-refractivity contribution in [3.8, 4) is 0 Å². The van der Waals surface area contributed by atoms with Crippen LogP contribution in [0, 0.1) is 0 Å². The lowest BCUT2D eigenvalue weighted by Gasteiger charge is -2.10. The molecule has 1 aliphatic carbocycles. The highest BCUT2D eigenvalue weighted by molar-refractivity contribution is 5.04. The van der Waals surface area contributed by atoms with E-state index in [4.69, 9.17) is 9.15 Å². The van der Waals surface area contributed by atoms with E-state index in [0.29, 0.717) is 0 Å². The summed E-state index contributed by atoms with van der Waals surface area (Å²) in [4.78, 5) is 0. The predicted molar refractivity (Wildman–Crippen MR) is 36.9 cm³/mol. The fourth-order valence-corrected chi connectivity index (χ4v) is 1.45. The molecule has 1 aromatic rings. The molecule has 0 amide bonds. The number of fused-ring (bicyclic) bond motifs is 1. The van der Waals surface area contributed by atoms with Gasteiger partial charge in [-0.15, -0.1) is 0 Å². The van der Waals surface area contributed by atoms with E-state index in [1.807, 2.05) is 0 Å². The van der Waals surface area contributed by atoms with Crippen LogP contribution in [0.3, 0.4) is 0 Å². The molecule has 0 saturated heterocycles. The molecule has 0 unspecified atom stereocenters. The number of rotatable bonds is 0. The van der Waals surface area contributed by atoms with Gasteiger partial charge < -0.3 is 0 Å². The predicted octanol–water partition coefficient (Wildman–Crippen LogP) is 2.53. The van der Waals surface area contributed by atoms with Crippen molar-refractivity contribution >= 4 is 0 Å². The van der Waals surface area contributed by atoms with Crippen molar-refractivity contribution in [2.45, 2.75) is 38.5 Å². The molecule has 2 heteroatoms. The lowest BCUT2D eigenvalue weighted by atomic mass is 10.0. The maximum absolute atomic E-state index is 4.85. The lowest BCUT2D eigenvalue weighted by Crippen LogP contribution is -2.01. The minimum atomic E-state index is 1.09. The molecule has 0 atom stereocenters. The highest BCUT2D eigenvalue weighted by Crippen LogP contribution is 2.22.